The number of piperazine rings is 1. The molecule has 0 bridgehead atoms. The van der Waals surface area contributed by atoms with Crippen molar-refractivity contribution in [3.05, 3.63) is 0 Å². The summed E-state index contributed by atoms with van der Waals surface area (Å²) in [6.45, 7) is 4.13. The first-order valence-corrected chi connectivity index (χ1v) is 8.28. The van der Waals surface area contributed by atoms with Crippen LogP contribution in [0.3, 0.4) is 0 Å². The zero-order valence-corrected chi connectivity index (χ0v) is 12.9. The number of hydrogen-bond donors (Lipinski definition) is 0. The summed E-state index contributed by atoms with van der Waals surface area (Å²) in [7, 11) is 1.42. The van der Waals surface area contributed by atoms with Crippen molar-refractivity contribution in [2.24, 2.45) is 17.8 Å². The van der Waals surface area contributed by atoms with Crippen LogP contribution in [-0.4, -0.2) is 61.5 Å². The molecule has 1 saturated heterocycles. The monoisotopic (exact) mass is 294 g/mol. The molecule has 2 atom stereocenters. The Labute approximate surface area is 126 Å². The normalized spacial score (nSPS) is 32.4. The van der Waals surface area contributed by atoms with Crippen LogP contribution in [0.2, 0.25) is 0 Å². The van der Waals surface area contributed by atoms with Crippen LogP contribution >= 0.6 is 0 Å². The number of amides is 1. The van der Waals surface area contributed by atoms with Crippen molar-refractivity contribution in [1.29, 1.82) is 0 Å². The smallest absolute Gasteiger partial charge is 0.306 e. The number of methoxy groups -OCH3 is 1. The summed E-state index contributed by atoms with van der Waals surface area (Å²) < 4.78 is 4.66. The van der Waals surface area contributed by atoms with E-state index in [9.17, 15) is 9.59 Å². The van der Waals surface area contributed by atoms with E-state index in [-0.39, 0.29) is 5.97 Å². The molecule has 0 aromatic carbocycles. The molecule has 1 heterocycles. The van der Waals surface area contributed by atoms with Crippen LogP contribution in [0.4, 0.5) is 0 Å². The number of carbonyl (C=O) groups excluding carboxylic acids is 2. The van der Waals surface area contributed by atoms with E-state index in [1.165, 1.54) is 32.8 Å². The van der Waals surface area contributed by atoms with Gasteiger partial charge in [0.05, 0.1) is 13.5 Å². The van der Waals surface area contributed by atoms with Crippen molar-refractivity contribution in [3.63, 3.8) is 0 Å². The largest absolute Gasteiger partial charge is 0.469 e. The fourth-order valence-corrected chi connectivity index (χ4v) is 4.11. The molecule has 3 rings (SSSR count). The fourth-order valence-electron chi connectivity index (χ4n) is 4.11. The van der Waals surface area contributed by atoms with Gasteiger partial charge in [-0.2, -0.15) is 0 Å². The molecule has 3 fully saturated rings. The molecule has 2 aliphatic carbocycles. The highest BCUT2D eigenvalue weighted by Gasteiger charge is 2.55. The Kier molecular flexibility index (Phi) is 4.48. The van der Waals surface area contributed by atoms with Crippen LogP contribution in [0.1, 0.15) is 32.1 Å². The lowest BCUT2D eigenvalue weighted by Gasteiger charge is -2.34. The quantitative estimate of drug-likeness (QED) is 0.729. The third-order valence-electron chi connectivity index (χ3n) is 5.49. The first kappa shape index (κ1) is 14.8. The molecule has 1 aliphatic heterocycles. The lowest BCUT2D eigenvalue weighted by Crippen LogP contribution is -2.49. The summed E-state index contributed by atoms with van der Waals surface area (Å²) >= 11 is 0. The zero-order valence-electron chi connectivity index (χ0n) is 12.9. The van der Waals surface area contributed by atoms with Crippen molar-refractivity contribution < 1.29 is 14.3 Å². The second kappa shape index (κ2) is 6.34. The minimum absolute atomic E-state index is 0.157. The highest BCUT2D eigenvalue weighted by molar-refractivity contribution is 5.82. The molecule has 5 heteroatoms. The van der Waals surface area contributed by atoms with E-state index in [2.05, 4.69) is 14.5 Å². The van der Waals surface area contributed by atoms with E-state index >= 15 is 0 Å². The van der Waals surface area contributed by atoms with Gasteiger partial charge in [-0.3, -0.25) is 14.5 Å². The van der Waals surface area contributed by atoms with E-state index in [4.69, 9.17) is 0 Å². The first-order chi connectivity index (χ1) is 10.2. The van der Waals surface area contributed by atoms with Gasteiger partial charge < -0.3 is 9.64 Å². The van der Waals surface area contributed by atoms with Crippen molar-refractivity contribution in [1.82, 2.24) is 9.80 Å². The molecule has 0 N–H and O–H groups in total. The Hall–Kier alpha value is -1.10. The average molecular weight is 294 g/mol. The van der Waals surface area contributed by atoms with Crippen LogP contribution in [0.5, 0.6) is 0 Å². The molecule has 0 radical (unpaired) electrons. The molecule has 5 nitrogen and oxygen atoms in total. The molecule has 2 unspecified atom stereocenters. The minimum Gasteiger partial charge on any atom is -0.469 e. The van der Waals surface area contributed by atoms with E-state index in [1.54, 1.807) is 0 Å². The number of carbonyl (C=O) groups is 2. The number of nitrogens with zero attached hydrogens (tertiary/aromatic N) is 2. The summed E-state index contributed by atoms with van der Waals surface area (Å²) in [5, 5.41) is 0. The highest BCUT2D eigenvalue weighted by Crippen LogP contribution is 2.56. The lowest BCUT2D eigenvalue weighted by atomic mass is 10.0. The molecule has 21 heavy (non-hydrogen) atoms. The molecule has 0 aromatic rings. The maximum atomic E-state index is 12.6. The van der Waals surface area contributed by atoms with Gasteiger partial charge >= 0.3 is 5.97 Å². The van der Waals surface area contributed by atoms with Crippen molar-refractivity contribution in [2.75, 3.05) is 39.8 Å². The van der Waals surface area contributed by atoms with Gasteiger partial charge in [0.2, 0.25) is 5.91 Å². The third kappa shape index (κ3) is 3.23. The van der Waals surface area contributed by atoms with Gasteiger partial charge in [-0.25, -0.2) is 0 Å². The maximum absolute atomic E-state index is 12.6. The number of esters is 1. The topological polar surface area (TPSA) is 49.9 Å². The number of ether oxygens (including phenoxy) is 1. The van der Waals surface area contributed by atoms with E-state index in [0.717, 1.165) is 32.7 Å². The average Bonchev–Trinajstić information content (AvgIpc) is 3.26. The second-order valence-electron chi connectivity index (χ2n) is 6.63. The fraction of sp³-hybridized carbons (Fsp3) is 0.875. The number of rotatable bonds is 4. The SMILES string of the molecule is COC(=O)CCN1CCN(C(=O)C2C3CCCCC32)CC1. The minimum atomic E-state index is -0.157. The Balaban J connectivity index is 1.41. The zero-order chi connectivity index (χ0) is 14.8. The number of fused-ring (bicyclic) bond motifs is 1. The van der Waals surface area contributed by atoms with Crippen LogP contribution < -0.4 is 0 Å². The molecule has 0 spiro atoms. The molecule has 2 saturated carbocycles. The van der Waals surface area contributed by atoms with E-state index in [0.29, 0.717) is 30.1 Å². The summed E-state index contributed by atoms with van der Waals surface area (Å²) in [6.07, 6.45) is 5.59. The second-order valence-corrected chi connectivity index (χ2v) is 6.63. The van der Waals surface area contributed by atoms with Gasteiger partial charge in [-0.1, -0.05) is 12.8 Å². The molecular formula is C16H26N2O3. The summed E-state index contributed by atoms with van der Waals surface area (Å²) in [5.41, 5.74) is 0. The highest BCUT2D eigenvalue weighted by atomic mass is 16.5. The molecular weight excluding hydrogens is 268 g/mol. The van der Waals surface area contributed by atoms with Crippen molar-refractivity contribution >= 4 is 11.9 Å². The Morgan fingerprint density at radius 1 is 1.05 bits per heavy atom. The van der Waals surface area contributed by atoms with Gasteiger partial charge in [-0.15, -0.1) is 0 Å². The standard InChI is InChI=1S/C16H26N2O3/c1-21-14(19)6-7-17-8-10-18(11-9-17)16(20)15-12-4-2-3-5-13(12)15/h12-13,15H,2-11H2,1H3. The van der Waals surface area contributed by atoms with Crippen molar-refractivity contribution in [3.8, 4) is 0 Å². The van der Waals surface area contributed by atoms with Crippen LogP contribution in [0.15, 0.2) is 0 Å². The third-order valence-corrected chi connectivity index (χ3v) is 5.49. The predicted molar refractivity (Wildman–Crippen MR) is 78.6 cm³/mol. The number of hydrogen-bond acceptors (Lipinski definition) is 4. The van der Waals surface area contributed by atoms with Crippen LogP contribution in [-0.2, 0) is 14.3 Å². The maximum Gasteiger partial charge on any atom is 0.306 e. The Bertz CT molecular complexity index is 392. The molecule has 3 aliphatic rings. The first-order valence-electron chi connectivity index (χ1n) is 8.28. The van der Waals surface area contributed by atoms with Gasteiger partial charge in [-0.05, 0) is 24.7 Å². The Morgan fingerprint density at radius 3 is 2.24 bits per heavy atom. The molecule has 1 amide bonds. The van der Waals surface area contributed by atoms with Gasteiger partial charge in [0.15, 0.2) is 0 Å². The van der Waals surface area contributed by atoms with E-state index < -0.39 is 0 Å². The van der Waals surface area contributed by atoms with Gasteiger partial charge in [0.25, 0.3) is 0 Å². The summed E-state index contributed by atoms with van der Waals surface area (Å²) in [5.74, 6) is 1.98. The van der Waals surface area contributed by atoms with Gasteiger partial charge in [0, 0.05) is 38.6 Å². The van der Waals surface area contributed by atoms with E-state index in [1.807, 2.05) is 0 Å². The Morgan fingerprint density at radius 2 is 1.67 bits per heavy atom. The van der Waals surface area contributed by atoms with Crippen LogP contribution in [0, 0.1) is 17.8 Å². The molecule has 0 aromatic heterocycles. The van der Waals surface area contributed by atoms with Crippen LogP contribution in [0.25, 0.3) is 0 Å². The van der Waals surface area contributed by atoms with Gasteiger partial charge in [0.1, 0.15) is 0 Å². The predicted octanol–water partition coefficient (Wildman–Crippen LogP) is 1.13. The lowest BCUT2D eigenvalue weighted by molar-refractivity contribution is -0.141. The molecule has 118 valence electrons. The van der Waals surface area contributed by atoms with Crippen molar-refractivity contribution in [2.45, 2.75) is 32.1 Å². The summed E-state index contributed by atoms with van der Waals surface area (Å²) in [6, 6.07) is 0. The summed E-state index contributed by atoms with van der Waals surface area (Å²) in [4.78, 5) is 28.0.